The third kappa shape index (κ3) is 2.04. The number of aryl methyl sites for hydroxylation is 1. The first-order chi connectivity index (χ1) is 6.97. The zero-order chi connectivity index (χ0) is 11.6. The molecule has 0 aliphatic heterocycles. The molecule has 1 aromatic rings. The summed E-state index contributed by atoms with van der Waals surface area (Å²) in [5, 5.41) is 19.4. The van der Waals surface area contributed by atoms with Crippen molar-refractivity contribution in [2.45, 2.75) is 13.3 Å². The fourth-order valence-electron chi connectivity index (χ4n) is 1.23. The maximum Gasteiger partial charge on any atom is 0.338 e. The van der Waals surface area contributed by atoms with Gasteiger partial charge in [0.25, 0.3) is 5.69 Å². The van der Waals surface area contributed by atoms with Gasteiger partial charge in [0.15, 0.2) is 0 Å². The maximum absolute atomic E-state index is 10.8. The van der Waals surface area contributed by atoms with Crippen LogP contribution < -0.4 is 5.73 Å². The first-order valence-electron chi connectivity index (χ1n) is 4.27. The van der Waals surface area contributed by atoms with Crippen LogP contribution in [-0.4, -0.2) is 16.0 Å². The number of nitrogens with two attached hydrogens (primary N) is 1. The first kappa shape index (κ1) is 11.0. The predicted octanol–water partition coefficient (Wildman–Crippen LogP) is 1.44. The molecule has 0 saturated carbocycles. The Balaban J connectivity index is 3.47. The molecule has 6 nitrogen and oxygen atoms in total. The predicted molar refractivity (Wildman–Crippen MR) is 53.8 cm³/mol. The summed E-state index contributed by atoms with van der Waals surface area (Å²) in [6, 6.07) is 2.65. The average Bonchev–Trinajstić information content (AvgIpc) is 2.17. The fourth-order valence-corrected chi connectivity index (χ4v) is 1.23. The van der Waals surface area contributed by atoms with Gasteiger partial charge < -0.3 is 10.8 Å². The van der Waals surface area contributed by atoms with Gasteiger partial charge in [-0.25, -0.2) is 4.79 Å². The molecule has 6 heteroatoms. The van der Waals surface area contributed by atoms with Gasteiger partial charge in [0, 0.05) is 6.07 Å². The number of nitrogens with zero attached hydrogens (tertiary/aromatic N) is 1. The highest BCUT2D eigenvalue weighted by Gasteiger charge is 2.20. The van der Waals surface area contributed by atoms with E-state index >= 15 is 0 Å². The van der Waals surface area contributed by atoms with Crippen molar-refractivity contribution in [2.24, 2.45) is 0 Å². The molecular weight excluding hydrogens is 200 g/mol. The van der Waals surface area contributed by atoms with E-state index < -0.39 is 10.9 Å². The van der Waals surface area contributed by atoms with E-state index in [1.165, 1.54) is 12.1 Å². The van der Waals surface area contributed by atoms with Crippen molar-refractivity contribution in [3.05, 3.63) is 33.4 Å². The summed E-state index contributed by atoms with van der Waals surface area (Å²) in [6.45, 7) is 1.78. The van der Waals surface area contributed by atoms with Crippen LogP contribution in [0.3, 0.4) is 0 Å². The number of aromatic carboxylic acids is 1. The van der Waals surface area contributed by atoms with Gasteiger partial charge in [0.2, 0.25) is 0 Å². The van der Waals surface area contributed by atoms with E-state index in [0.717, 1.165) is 0 Å². The summed E-state index contributed by atoms with van der Waals surface area (Å²) >= 11 is 0. The second-order valence-electron chi connectivity index (χ2n) is 2.99. The molecule has 0 aliphatic rings. The van der Waals surface area contributed by atoms with E-state index in [4.69, 9.17) is 10.8 Å². The lowest BCUT2D eigenvalue weighted by molar-refractivity contribution is -0.384. The Morgan fingerprint density at radius 3 is 2.60 bits per heavy atom. The molecule has 0 spiro atoms. The molecule has 0 saturated heterocycles. The lowest BCUT2D eigenvalue weighted by Gasteiger charge is -2.04. The second-order valence-corrected chi connectivity index (χ2v) is 2.99. The number of hydrogen-bond acceptors (Lipinski definition) is 4. The van der Waals surface area contributed by atoms with Crippen LogP contribution >= 0.6 is 0 Å². The molecule has 0 radical (unpaired) electrons. The van der Waals surface area contributed by atoms with E-state index in [2.05, 4.69) is 0 Å². The number of carbonyl (C=O) groups is 1. The van der Waals surface area contributed by atoms with Crippen LogP contribution in [0.4, 0.5) is 11.4 Å². The van der Waals surface area contributed by atoms with Crippen LogP contribution in [0.15, 0.2) is 12.1 Å². The molecule has 0 heterocycles. The topological polar surface area (TPSA) is 106 Å². The number of nitro benzene ring substituents is 1. The summed E-state index contributed by atoms with van der Waals surface area (Å²) in [5.74, 6) is -1.26. The van der Waals surface area contributed by atoms with Crippen molar-refractivity contribution in [1.82, 2.24) is 0 Å². The van der Waals surface area contributed by atoms with E-state index in [-0.39, 0.29) is 16.9 Å². The molecule has 0 amide bonds. The molecule has 1 rings (SSSR count). The Bertz CT molecular complexity index is 393. The van der Waals surface area contributed by atoms with Crippen molar-refractivity contribution in [2.75, 3.05) is 5.73 Å². The minimum Gasteiger partial charge on any atom is -0.478 e. The van der Waals surface area contributed by atoms with Crippen molar-refractivity contribution in [1.29, 1.82) is 0 Å². The zero-order valence-corrected chi connectivity index (χ0v) is 8.06. The highest BCUT2D eigenvalue weighted by molar-refractivity contribution is 5.96. The third-order valence-corrected chi connectivity index (χ3v) is 2.05. The number of nitrogen functional groups attached to an aromatic ring is 1. The van der Waals surface area contributed by atoms with E-state index in [0.29, 0.717) is 12.0 Å². The van der Waals surface area contributed by atoms with E-state index in [1.54, 1.807) is 6.92 Å². The summed E-state index contributed by atoms with van der Waals surface area (Å²) < 4.78 is 0. The number of hydrogen-bond donors (Lipinski definition) is 2. The van der Waals surface area contributed by atoms with Gasteiger partial charge in [-0.2, -0.15) is 0 Å². The molecule has 0 aromatic heterocycles. The van der Waals surface area contributed by atoms with Crippen LogP contribution in [-0.2, 0) is 6.42 Å². The number of carboxylic acid groups (broad SMARTS) is 1. The molecule has 80 valence electrons. The van der Waals surface area contributed by atoms with Gasteiger partial charge in [0.1, 0.15) is 5.69 Å². The standard InChI is InChI=1S/C9H10N2O4/c1-2-5-3-6(9(12)13)8(10)7(4-5)11(14)15/h3-4H,2,10H2,1H3,(H,12,13). The van der Waals surface area contributed by atoms with Gasteiger partial charge in [-0.1, -0.05) is 6.92 Å². The Morgan fingerprint density at radius 2 is 2.20 bits per heavy atom. The summed E-state index contributed by atoms with van der Waals surface area (Å²) in [7, 11) is 0. The molecular formula is C9H10N2O4. The highest BCUT2D eigenvalue weighted by atomic mass is 16.6. The van der Waals surface area contributed by atoms with Crippen molar-refractivity contribution in [3.8, 4) is 0 Å². The number of carboxylic acids is 1. The Morgan fingerprint density at radius 1 is 1.60 bits per heavy atom. The van der Waals surface area contributed by atoms with E-state index in [9.17, 15) is 14.9 Å². The fraction of sp³-hybridized carbons (Fsp3) is 0.222. The van der Waals surface area contributed by atoms with Crippen molar-refractivity contribution >= 4 is 17.3 Å². The van der Waals surface area contributed by atoms with Crippen LogP contribution in [0.1, 0.15) is 22.8 Å². The van der Waals surface area contributed by atoms with Crippen molar-refractivity contribution < 1.29 is 14.8 Å². The molecule has 1 aromatic carbocycles. The Kier molecular flexibility index (Phi) is 2.89. The molecule has 0 bridgehead atoms. The Hall–Kier alpha value is -2.11. The van der Waals surface area contributed by atoms with Crippen molar-refractivity contribution in [3.63, 3.8) is 0 Å². The van der Waals surface area contributed by atoms with Gasteiger partial charge >= 0.3 is 5.97 Å². The lowest BCUT2D eigenvalue weighted by atomic mass is 10.1. The molecule has 3 N–H and O–H groups in total. The van der Waals surface area contributed by atoms with Crippen LogP contribution in [0.25, 0.3) is 0 Å². The van der Waals surface area contributed by atoms with Crippen LogP contribution in [0, 0.1) is 10.1 Å². The minimum absolute atomic E-state index is 0.221. The number of rotatable bonds is 3. The lowest BCUT2D eigenvalue weighted by Crippen LogP contribution is -2.06. The highest BCUT2D eigenvalue weighted by Crippen LogP contribution is 2.27. The van der Waals surface area contributed by atoms with Gasteiger partial charge in [-0.3, -0.25) is 10.1 Å². The third-order valence-electron chi connectivity index (χ3n) is 2.05. The number of nitro groups is 1. The van der Waals surface area contributed by atoms with Crippen LogP contribution in [0.5, 0.6) is 0 Å². The monoisotopic (exact) mass is 210 g/mol. The summed E-state index contributed by atoms with van der Waals surface area (Å²) in [4.78, 5) is 20.7. The molecule has 0 atom stereocenters. The first-order valence-corrected chi connectivity index (χ1v) is 4.27. The minimum atomic E-state index is -1.26. The summed E-state index contributed by atoms with van der Waals surface area (Å²) in [6.07, 6.45) is 0.515. The number of anilines is 1. The molecule has 0 fully saturated rings. The summed E-state index contributed by atoms with van der Waals surface area (Å²) in [5.41, 5.74) is 5.09. The van der Waals surface area contributed by atoms with Gasteiger partial charge in [-0.05, 0) is 18.1 Å². The van der Waals surface area contributed by atoms with Crippen LogP contribution in [0.2, 0.25) is 0 Å². The molecule has 0 unspecified atom stereocenters. The van der Waals surface area contributed by atoms with Gasteiger partial charge in [0.05, 0.1) is 10.5 Å². The van der Waals surface area contributed by atoms with E-state index in [1.807, 2.05) is 0 Å². The van der Waals surface area contributed by atoms with Gasteiger partial charge in [-0.15, -0.1) is 0 Å². The molecule has 0 aliphatic carbocycles. The second kappa shape index (κ2) is 3.95. The Labute approximate surface area is 85.5 Å². The zero-order valence-electron chi connectivity index (χ0n) is 8.06. The quantitative estimate of drug-likeness (QED) is 0.446. The molecule has 15 heavy (non-hydrogen) atoms. The average molecular weight is 210 g/mol. The maximum atomic E-state index is 10.8. The SMILES string of the molecule is CCc1cc(C(=O)O)c(N)c([N+](=O)[O-])c1. The largest absolute Gasteiger partial charge is 0.478 e. The number of benzene rings is 1. The smallest absolute Gasteiger partial charge is 0.338 e. The normalized spacial score (nSPS) is 9.93.